The zero-order chi connectivity index (χ0) is 47.5. The number of hydrogen-bond donors (Lipinski definition) is 0. The number of nitrogens with zero attached hydrogens (tertiary/aromatic N) is 8. The zero-order valence-electron chi connectivity index (χ0n) is 33.5. The minimum absolute atomic E-state index is 0. The number of fused-ring (bicyclic) bond motifs is 6. The third-order valence-electron chi connectivity index (χ3n) is 8.86. The van der Waals surface area contributed by atoms with Gasteiger partial charge < -0.3 is 0 Å². The monoisotopic (exact) mass is 1150 g/mol. The van der Waals surface area contributed by atoms with Gasteiger partial charge in [-0.3, -0.25) is 29.9 Å². The fraction of sp³-hybridized carbons (Fsp3) is 0. The normalized spacial score (nSPS) is 13.4. The van der Waals surface area contributed by atoms with Gasteiger partial charge in [-0.25, -0.2) is 9.97 Å². The Kier molecular flexibility index (Phi) is 13.0. The molecule has 0 aliphatic rings. The van der Waals surface area contributed by atoms with Crippen LogP contribution in [0.25, 0.3) is 88.2 Å². The molecular weight excluding hydrogens is 1120 g/mol. The molecule has 11 rings (SSSR count). The van der Waals surface area contributed by atoms with Crippen LogP contribution in [0.15, 0.2) is 171 Å². The smallest absolute Gasteiger partial charge is 0.255 e. The van der Waals surface area contributed by atoms with E-state index in [0.717, 1.165) is 88.2 Å². The van der Waals surface area contributed by atoms with Gasteiger partial charge in [0.15, 0.2) is 0 Å². The number of para-hydroxylation sites is 2. The van der Waals surface area contributed by atoms with Gasteiger partial charge in [0.05, 0.1) is 44.8 Å². The fourth-order valence-electron chi connectivity index (χ4n) is 6.56. The summed E-state index contributed by atoms with van der Waals surface area (Å²) in [5.74, 6) is 0. The summed E-state index contributed by atoms with van der Waals surface area (Å²) in [6.45, 7) is 0. The third-order valence-corrected chi connectivity index (χ3v) is 8.86. The molecule has 0 saturated carbocycles. The maximum absolute atomic E-state index is 10.7. The molecular formula is C44H28F12N8OsP2. The maximum Gasteiger partial charge on any atom is 2.00 e. The molecule has 0 aliphatic heterocycles. The molecule has 0 atom stereocenters. The van der Waals surface area contributed by atoms with Gasteiger partial charge >= 0.3 is 85.8 Å². The van der Waals surface area contributed by atoms with Gasteiger partial charge in [0.25, 0.3) is 0 Å². The Morgan fingerprint density at radius 2 is 0.537 bits per heavy atom. The van der Waals surface area contributed by atoms with Crippen LogP contribution >= 0.6 is 15.6 Å². The number of hydrogen-bond acceptors (Lipinski definition) is 8. The number of benzene rings is 3. The van der Waals surface area contributed by atoms with Gasteiger partial charge in [-0.2, -0.15) is 0 Å². The van der Waals surface area contributed by atoms with Crippen molar-refractivity contribution < 1.29 is 70.2 Å². The summed E-state index contributed by atoms with van der Waals surface area (Å²) in [6.07, 6.45) is 10.8. The van der Waals surface area contributed by atoms with E-state index in [-0.39, 0.29) is 19.8 Å². The van der Waals surface area contributed by atoms with E-state index in [4.69, 9.17) is 19.9 Å². The zero-order valence-corrected chi connectivity index (χ0v) is 37.9. The first-order valence-corrected chi connectivity index (χ1v) is 22.9. The van der Waals surface area contributed by atoms with E-state index in [1.807, 2.05) is 109 Å². The van der Waals surface area contributed by atoms with Crippen molar-refractivity contribution in [2.75, 3.05) is 0 Å². The van der Waals surface area contributed by atoms with E-state index in [1.54, 1.807) is 24.8 Å². The van der Waals surface area contributed by atoms with Crippen molar-refractivity contribution in [2.45, 2.75) is 0 Å². The Hall–Kier alpha value is -6.66. The van der Waals surface area contributed by atoms with Crippen molar-refractivity contribution in [1.29, 1.82) is 0 Å². The summed E-state index contributed by atoms with van der Waals surface area (Å²) < 4.78 is 118. The minimum atomic E-state index is -10.7. The van der Waals surface area contributed by atoms with Crippen LogP contribution in [0.5, 0.6) is 0 Å². The number of rotatable bonds is 2. The van der Waals surface area contributed by atoms with Crippen molar-refractivity contribution in [3.63, 3.8) is 0 Å². The molecule has 0 amide bonds. The molecule has 0 fully saturated rings. The number of halogens is 12. The van der Waals surface area contributed by atoms with Crippen molar-refractivity contribution in [3.8, 4) is 22.8 Å². The van der Waals surface area contributed by atoms with Crippen LogP contribution in [0, 0.1) is 0 Å². The quantitative estimate of drug-likeness (QED) is 0.0730. The average Bonchev–Trinajstić information content (AvgIpc) is 3.27. The Bertz CT molecular complexity index is 3130. The fourth-order valence-corrected chi connectivity index (χ4v) is 6.56. The molecule has 0 saturated heterocycles. The Morgan fingerprint density at radius 3 is 0.806 bits per heavy atom. The van der Waals surface area contributed by atoms with Crippen molar-refractivity contribution in [2.24, 2.45) is 0 Å². The van der Waals surface area contributed by atoms with Gasteiger partial charge in [0.1, 0.15) is 11.0 Å². The number of aromatic nitrogens is 8. The van der Waals surface area contributed by atoms with Crippen molar-refractivity contribution in [1.82, 2.24) is 39.9 Å². The van der Waals surface area contributed by atoms with Crippen LogP contribution in [0.1, 0.15) is 0 Å². The van der Waals surface area contributed by atoms with Crippen LogP contribution in [0.2, 0.25) is 0 Å². The van der Waals surface area contributed by atoms with Crippen molar-refractivity contribution >= 4 is 81.0 Å². The first-order chi connectivity index (χ1) is 30.7. The van der Waals surface area contributed by atoms with Gasteiger partial charge in [-0.1, -0.05) is 60.7 Å². The summed E-state index contributed by atoms with van der Waals surface area (Å²) in [7, 11) is -21.3. The molecule has 0 spiro atoms. The molecule has 0 radical (unpaired) electrons. The van der Waals surface area contributed by atoms with E-state index in [0.29, 0.717) is 0 Å². The second-order valence-electron chi connectivity index (χ2n) is 13.9. The molecule has 67 heavy (non-hydrogen) atoms. The second kappa shape index (κ2) is 17.5. The molecule has 0 aliphatic carbocycles. The van der Waals surface area contributed by atoms with Gasteiger partial charge in [0.2, 0.25) is 0 Å². The van der Waals surface area contributed by atoms with Crippen molar-refractivity contribution in [3.05, 3.63) is 171 Å². The first kappa shape index (κ1) is 49.8. The van der Waals surface area contributed by atoms with Crippen LogP contribution in [-0.2, 0) is 19.8 Å². The van der Waals surface area contributed by atoms with Gasteiger partial charge in [-0.15, -0.1) is 0 Å². The number of pyridine rings is 8. The van der Waals surface area contributed by atoms with Crippen LogP contribution in [0.4, 0.5) is 50.4 Å². The van der Waals surface area contributed by atoms with Crippen LogP contribution in [-0.4, -0.2) is 39.9 Å². The van der Waals surface area contributed by atoms with E-state index in [9.17, 15) is 50.4 Å². The third kappa shape index (κ3) is 14.7. The molecule has 0 unspecified atom stereocenters. The summed E-state index contributed by atoms with van der Waals surface area (Å²) in [5.41, 5.74) is 9.17. The molecule has 8 aromatic heterocycles. The van der Waals surface area contributed by atoms with E-state index in [2.05, 4.69) is 56.3 Å². The Balaban J connectivity index is 0.000000159. The molecule has 23 heteroatoms. The predicted molar refractivity (Wildman–Crippen MR) is 236 cm³/mol. The van der Waals surface area contributed by atoms with E-state index < -0.39 is 15.6 Å². The van der Waals surface area contributed by atoms with E-state index >= 15 is 0 Å². The summed E-state index contributed by atoms with van der Waals surface area (Å²) >= 11 is 0. The Labute approximate surface area is 383 Å². The molecule has 8 heterocycles. The van der Waals surface area contributed by atoms with Crippen LogP contribution in [0.3, 0.4) is 0 Å². The first-order valence-electron chi connectivity index (χ1n) is 18.9. The minimum Gasteiger partial charge on any atom is -0.255 e. The Morgan fingerprint density at radius 1 is 0.269 bits per heavy atom. The predicted octanol–water partition coefficient (Wildman–Crippen LogP) is 16.7. The molecule has 0 bridgehead atoms. The van der Waals surface area contributed by atoms with Crippen LogP contribution < -0.4 is 0 Å². The largest absolute Gasteiger partial charge is 2.00 e. The van der Waals surface area contributed by atoms with Gasteiger partial charge in [0, 0.05) is 58.7 Å². The standard InChI is InChI=1S/C24H12N4.2C10H8N2.2F6P.Os/c1-3-7-17-13(5-1)15-9-11-25-21-19(15)23(27-17)24-20-16(10-12-26-22(20)21)14-6-2-4-8-18(14)28-24;2*1-3-7-11-9(5-1)10-6-2-4-8-12-10;2*1-7(2,3,4,5)6;/h1-12H;2*1-8H;;;/q;;;2*-1;+2. The molecule has 346 valence electrons. The SMILES string of the molecule is F[P-](F)(F)(F)(F)F.F[P-](F)(F)(F)(F)F.[Os+2].c1ccc(-c2ccccn2)nc1.c1ccc(-c2ccccn2)nc1.c1ccc2c(c1)nc1c3nc4ccccc4c4ccnc(c5nccc2c51)c43. The van der Waals surface area contributed by atoms with Gasteiger partial charge in [-0.05, 0) is 83.6 Å². The summed E-state index contributed by atoms with van der Waals surface area (Å²) in [6, 6.07) is 43.8. The second-order valence-corrected chi connectivity index (χ2v) is 17.7. The maximum atomic E-state index is 9.87. The molecule has 3 aromatic carbocycles. The summed E-state index contributed by atoms with van der Waals surface area (Å²) in [5, 5.41) is 6.62. The molecule has 8 nitrogen and oxygen atoms in total. The van der Waals surface area contributed by atoms with E-state index in [1.165, 1.54) is 0 Å². The topological polar surface area (TPSA) is 103 Å². The summed E-state index contributed by atoms with van der Waals surface area (Å²) in [4.78, 5) is 36.3. The molecule has 0 N–H and O–H groups in total. The average molecular weight is 1150 g/mol. The molecule has 11 aromatic rings.